The number of nitrogens with one attached hydrogen (secondary N) is 2. The zero-order chi connectivity index (χ0) is 21.4. The third-order valence-electron chi connectivity index (χ3n) is 3.68. The Balaban J connectivity index is 2.08. The summed E-state index contributed by atoms with van der Waals surface area (Å²) in [5.41, 5.74) is 0.855. The first-order valence-corrected chi connectivity index (χ1v) is 8.95. The Kier molecular flexibility index (Phi) is 7.58. The summed E-state index contributed by atoms with van der Waals surface area (Å²) in [4.78, 5) is 28.7. The molecular weight excluding hydrogens is 387 g/mol. The van der Waals surface area contributed by atoms with Crippen molar-refractivity contribution >= 4 is 17.5 Å². The summed E-state index contributed by atoms with van der Waals surface area (Å²) in [6.07, 6.45) is -3.02. The molecule has 1 aromatic heterocycles. The zero-order valence-corrected chi connectivity index (χ0v) is 16.0. The van der Waals surface area contributed by atoms with Crippen LogP contribution in [0.3, 0.4) is 0 Å². The second-order valence-corrected chi connectivity index (χ2v) is 6.79. The lowest BCUT2D eigenvalue weighted by molar-refractivity contribution is -0.154. The van der Waals surface area contributed by atoms with Crippen molar-refractivity contribution in [3.63, 3.8) is 0 Å². The highest BCUT2D eigenvalue weighted by atomic mass is 19.4. The molecule has 2 N–H and O–H groups in total. The van der Waals surface area contributed by atoms with Crippen molar-refractivity contribution in [1.29, 1.82) is 0 Å². The molecule has 156 valence electrons. The Hall–Kier alpha value is -3.10. The molecule has 0 saturated heterocycles. The number of alkyl halides is 3. The van der Waals surface area contributed by atoms with Crippen molar-refractivity contribution in [3.05, 3.63) is 54.2 Å². The van der Waals surface area contributed by atoms with Crippen LogP contribution in [0.4, 0.5) is 18.9 Å². The van der Waals surface area contributed by atoms with Gasteiger partial charge < -0.3 is 15.4 Å². The number of ether oxygens (including phenoxy) is 1. The van der Waals surface area contributed by atoms with Crippen LogP contribution in [0.15, 0.2) is 48.7 Å². The molecule has 1 unspecified atom stereocenters. The van der Waals surface area contributed by atoms with Gasteiger partial charge in [-0.2, -0.15) is 13.2 Å². The Morgan fingerprint density at radius 3 is 2.34 bits per heavy atom. The molecule has 1 atom stereocenters. The van der Waals surface area contributed by atoms with E-state index in [1.54, 1.807) is 30.3 Å². The van der Waals surface area contributed by atoms with E-state index in [1.165, 1.54) is 18.3 Å². The Morgan fingerprint density at radius 2 is 1.79 bits per heavy atom. The zero-order valence-electron chi connectivity index (χ0n) is 16.0. The van der Waals surface area contributed by atoms with Crippen molar-refractivity contribution in [2.75, 3.05) is 11.9 Å². The Bertz CT molecular complexity index is 809. The number of hydrogen-bond acceptors (Lipinski definition) is 4. The molecule has 0 radical (unpaired) electrons. The van der Waals surface area contributed by atoms with Crippen molar-refractivity contribution in [2.24, 2.45) is 5.92 Å². The van der Waals surface area contributed by atoms with Crippen LogP contribution in [-0.4, -0.2) is 29.6 Å². The third kappa shape index (κ3) is 7.81. The molecule has 2 aromatic rings. The molecule has 0 aliphatic rings. The van der Waals surface area contributed by atoms with E-state index >= 15 is 0 Å². The lowest BCUT2D eigenvalue weighted by Gasteiger charge is -2.19. The van der Waals surface area contributed by atoms with Gasteiger partial charge in [0.2, 0.25) is 11.8 Å². The fourth-order valence-corrected chi connectivity index (χ4v) is 2.45. The normalized spacial score (nSPS) is 12.3. The highest BCUT2D eigenvalue weighted by molar-refractivity contribution is 5.97. The lowest BCUT2D eigenvalue weighted by atomic mass is 10.0. The quantitative estimate of drug-likeness (QED) is 0.694. The van der Waals surface area contributed by atoms with E-state index in [4.69, 9.17) is 0 Å². The Labute approximate surface area is 166 Å². The van der Waals surface area contributed by atoms with E-state index in [-0.39, 0.29) is 29.8 Å². The average Bonchev–Trinajstić information content (AvgIpc) is 2.65. The van der Waals surface area contributed by atoms with Gasteiger partial charge in [0.25, 0.3) is 5.91 Å². The summed E-state index contributed by atoms with van der Waals surface area (Å²) in [6, 6.07) is 10.4. The summed E-state index contributed by atoms with van der Waals surface area (Å²) in [6.45, 7) is 2.33. The number of rotatable bonds is 8. The molecule has 0 saturated carbocycles. The van der Waals surface area contributed by atoms with Gasteiger partial charge in [0.05, 0.1) is 11.9 Å². The monoisotopic (exact) mass is 409 g/mol. The predicted molar refractivity (Wildman–Crippen MR) is 101 cm³/mol. The first kappa shape index (κ1) is 22.2. The second kappa shape index (κ2) is 9.90. The second-order valence-electron chi connectivity index (χ2n) is 6.79. The number of aromatic nitrogens is 1. The Morgan fingerprint density at radius 1 is 1.10 bits per heavy atom. The average molecular weight is 409 g/mol. The molecule has 0 aliphatic carbocycles. The van der Waals surface area contributed by atoms with Crippen LogP contribution in [0.25, 0.3) is 0 Å². The van der Waals surface area contributed by atoms with Crippen LogP contribution >= 0.6 is 0 Å². The smallest absolute Gasteiger partial charge is 0.422 e. The summed E-state index contributed by atoms with van der Waals surface area (Å²) in [5, 5.41) is 5.32. The maximum absolute atomic E-state index is 12.7. The van der Waals surface area contributed by atoms with Gasteiger partial charge in [-0.3, -0.25) is 9.59 Å². The first-order valence-electron chi connectivity index (χ1n) is 8.95. The molecule has 1 aromatic carbocycles. The molecule has 6 nitrogen and oxygen atoms in total. The van der Waals surface area contributed by atoms with Crippen LogP contribution in [0.5, 0.6) is 5.88 Å². The van der Waals surface area contributed by atoms with Crippen molar-refractivity contribution in [2.45, 2.75) is 32.5 Å². The van der Waals surface area contributed by atoms with E-state index < -0.39 is 24.7 Å². The largest absolute Gasteiger partial charge is 0.468 e. The highest BCUT2D eigenvalue weighted by Crippen LogP contribution is 2.20. The molecule has 0 fully saturated rings. The minimum Gasteiger partial charge on any atom is -0.468 e. The third-order valence-corrected chi connectivity index (χ3v) is 3.68. The molecule has 29 heavy (non-hydrogen) atoms. The fraction of sp³-hybridized carbons (Fsp3) is 0.350. The number of halogens is 3. The van der Waals surface area contributed by atoms with Gasteiger partial charge in [-0.1, -0.05) is 44.2 Å². The number of carbonyl (C=O) groups is 2. The summed E-state index contributed by atoms with van der Waals surface area (Å²) < 4.78 is 41.1. The van der Waals surface area contributed by atoms with Gasteiger partial charge in [0.15, 0.2) is 6.61 Å². The van der Waals surface area contributed by atoms with E-state index in [0.29, 0.717) is 5.56 Å². The summed E-state index contributed by atoms with van der Waals surface area (Å²) >= 11 is 0. The summed E-state index contributed by atoms with van der Waals surface area (Å²) in [5.74, 6) is -0.856. The van der Waals surface area contributed by atoms with E-state index in [2.05, 4.69) is 20.4 Å². The first-order chi connectivity index (χ1) is 13.6. The van der Waals surface area contributed by atoms with Crippen molar-refractivity contribution in [1.82, 2.24) is 10.3 Å². The number of benzene rings is 1. The van der Waals surface area contributed by atoms with Crippen LogP contribution in [-0.2, 0) is 9.59 Å². The van der Waals surface area contributed by atoms with Gasteiger partial charge in [0.1, 0.15) is 6.04 Å². The predicted octanol–water partition coefficient (Wildman–Crippen LogP) is 3.86. The lowest BCUT2D eigenvalue weighted by Crippen LogP contribution is -2.37. The number of pyridine rings is 1. The standard InChI is InChI=1S/C20H22F3N3O3/c1-13(2)10-16(27)26-18(14-6-4-3-5-7-14)19(28)25-15-8-9-17(24-11-15)29-12-20(21,22)23/h3-9,11,13,18H,10,12H2,1-2H3,(H,25,28)(H,26,27). The molecule has 0 spiro atoms. The van der Waals surface area contributed by atoms with Gasteiger partial charge >= 0.3 is 6.18 Å². The molecular formula is C20H22F3N3O3. The van der Waals surface area contributed by atoms with E-state index in [1.807, 2.05) is 13.8 Å². The van der Waals surface area contributed by atoms with Crippen molar-refractivity contribution < 1.29 is 27.5 Å². The number of anilines is 1. The van der Waals surface area contributed by atoms with Gasteiger partial charge in [-0.05, 0) is 17.5 Å². The minimum absolute atomic E-state index is 0.128. The highest BCUT2D eigenvalue weighted by Gasteiger charge is 2.28. The van der Waals surface area contributed by atoms with E-state index in [0.717, 1.165) is 0 Å². The van der Waals surface area contributed by atoms with Crippen LogP contribution in [0.1, 0.15) is 31.9 Å². The minimum atomic E-state index is -4.47. The number of nitrogens with zero attached hydrogens (tertiary/aromatic N) is 1. The summed E-state index contributed by atoms with van der Waals surface area (Å²) in [7, 11) is 0. The number of amides is 2. The molecule has 2 amide bonds. The fourth-order valence-electron chi connectivity index (χ4n) is 2.45. The molecule has 0 bridgehead atoms. The van der Waals surface area contributed by atoms with Crippen LogP contribution in [0.2, 0.25) is 0 Å². The maximum Gasteiger partial charge on any atom is 0.422 e. The number of hydrogen-bond donors (Lipinski definition) is 2. The van der Waals surface area contributed by atoms with Crippen molar-refractivity contribution in [3.8, 4) is 5.88 Å². The molecule has 1 heterocycles. The van der Waals surface area contributed by atoms with Gasteiger partial charge in [0, 0.05) is 12.5 Å². The van der Waals surface area contributed by atoms with Gasteiger partial charge in [-0.25, -0.2) is 4.98 Å². The molecule has 0 aliphatic heterocycles. The van der Waals surface area contributed by atoms with Gasteiger partial charge in [-0.15, -0.1) is 0 Å². The number of carbonyl (C=O) groups excluding carboxylic acids is 2. The van der Waals surface area contributed by atoms with E-state index in [9.17, 15) is 22.8 Å². The van der Waals surface area contributed by atoms with Crippen LogP contribution < -0.4 is 15.4 Å². The SMILES string of the molecule is CC(C)CC(=O)NC(C(=O)Nc1ccc(OCC(F)(F)F)nc1)c1ccccc1. The molecule has 2 rings (SSSR count). The molecule has 9 heteroatoms. The van der Waals surface area contributed by atoms with Crippen LogP contribution in [0, 0.1) is 5.92 Å². The maximum atomic E-state index is 12.7. The topological polar surface area (TPSA) is 80.3 Å².